The fraction of sp³-hybridized carbons (Fsp3) is 0. The predicted octanol–water partition coefficient (Wildman–Crippen LogP) is 5.12. The van der Waals surface area contributed by atoms with Gasteiger partial charge in [-0.25, -0.2) is 14.6 Å². The molecule has 0 aliphatic heterocycles. The number of hydrazone groups is 1. The lowest BCUT2D eigenvalue weighted by atomic mass is 10.2. The highest BCUT2D eigenvalue weighted by Gasteiger charge is 2.13. The van der Waals surface area contributed by atoms with Crippen molar-refractivity contribution in [3.63, 3.8) is 0 Å². The van der Waals surface area contributed by atoms with E-state index in [1.807, 2.05) is 0 Å². The summed E-state index contributed by atoms with van der Waals surface area (Å²) in [5.74, 6) is -1.28. The molecule has 0 fully saturated rings. The molecule has 0 saturated carbocycles. The van der Waals surface area contributed by atoms with E-state index in [4.69, 9.17) is 27.9 Å². The first-order chi connectivity index (χ1) is 13.9. The van der Waals surface area contributed by atoms with Gasteiger partial charge in [0.2, 0.25) is 0 Å². The van der Waals surface area contributed by atoms with Crippen molar-refractivity contribution in [3.8, 4) is 5.75 Å². The third-order valence-corrected chi connectivity index (χ3v) is 4.25. The topological polar surface area (TPSA) is 67.8 Å². The predicted molar refractivity (Wildman–Crippen MR) is 109 cm³/mol. The van der Waals surface area contributed by atoms with Crippen LogP contribution in [0.2, 0.25) is 10.0 Å². The Kier molecular flexibility index (Phi) is 6.59. The molecular formula is C21H13Cl2FN2O3. The Morgan fingerprint density at radius 2 is 1.76 bits per heavy atom. The summed E-state index contributed by atoms with van der Waals surface area (Å²) in [6.07, 6.45) is 1.38. The normalized spacial score (nSPS) is 10.7. The number of hydrogen-bond acceptors (Lipinski definition) is 4. The zero-order valence-electron chi connectivity index (χ0n) is 14.7. The van der Waals surface area contributed by atoms with Crippen LogP contribution in [0.1, 0.15) is 26.3 Å². The number of hydrogen-bond donors (Lipinski definition) is 1. The number of ether oxygens (including phenoxy) is 1. The average Bonchev–Trinajstić information content (AvgIpc) is 2.68. The molecule has 0 bridgehead atoms. The van der Waals surface area contributed by atoms with Crippen LogP contribution in [0.5, 0.6) is 5.75 Å². The molecule has 0 spiro atoms. The van der Waals surface area contributed by atoms with Crippen LogP contribution in [-0.2, 0) is 0 Å². The zero-order chi connectivity index (χ0) is 20.8. The molecule has 29 heavy (non-hydrogen) atoms. The van der Waals surface area contributed by atoms with Gasteiger partial charge in [0.1, 0.15) is 11.6 Å². The molecule has 0 heterocycles. The van der Waals surface area contributed by atoms with Gasteiger partial charge in [-0.15, -0.1) is 0 Å². The van der Waals surface area contributed by atoms with Crippen LogP contribution < -0.4 is 10.2 Å². The molecule has 8 heteroatoms. The first-order valence-electron chi connectivity index (χ1n) is 8.28. The van der Waals surface area contributed by atoms with Gasteiger partial charge in [0.25, 0.3) is 5.91 Å². The summed E-state index contributed by atoms with van der Waals surface area (Å²) in [5.41, 5.74) is 3.37. The van der Waals surface area contributed by atoms with Gasteiger partial charge in [0.15, 0.2) is 0 Å². The summed E-state index contributed by atoms with van der Waals surface area (Å²) in [6.45, 7) is 0. The lowest BCUT2D eigenvalue weighted by Crippen LogP contribution is -2.17. The first-order valence-corrected chi connectivity index (χ1v) is 9.04. The Labute approximate surface area is 175 Å². The van der Waals surface area contributed by atoms with Crippen LogP contribution >= 0.6 is 23.2 Å². The minimum absolute atomic E-state index is 0.182. The van der Waals surface area contributed by atoms with Crippen molar-refractivity contribution in [2.24, 2.45) is 5.10 Å². The Morgan fingerprint density at radius 3 is 2.48 bits per heavy atom. The summed E-state index contributed by atoms with van der Waals surface area (Å²) in [4.78, 5) is 24.2. The van der Waals surface area contributed by atoms with Crippen LogP contribution in [0.3, 0.4) is 0 Å². The van der Waals surface area contributed by atoms with Crippen LogP contribution in [-0.4, -0.2) is 18.1 Å². The summed E-state index contributed by atoms with van der Waals surface area (Å²) < 4.78 is 18.2. The van der Waals surface area contributed by atoms with E-state index < -0.39 is 17.7 Å². The van der Waals surface area contributed by atoms with E-state index >= 15 is 0 Å². The van der Waals surface area contributed by atoms with Gasteiger partial charge in [-0.3, -0.25) is 4.79 Å². The van der Waals surface area contributed by atoms with E-state index in [0.29, 0.717) is 10.6 Å². The Balaban J connectivity index is 1.64. The fourth-order valence-electron chi connectivity index (χ4n) is 2.31. The highest BCUT2D eigenvalue weighted by molar-refractivity contribution is 6.36. The molecule has 0 radical (unpaired) electrons. The maximum atomic E-state index is 12.9. The van der Waals surface area contributed by atoms with E-state index in [9.17, 15) is 14.0 Å². The molecule has 0 aromatic heterocycles. The summed E-state index contributed by atoms with van der Waals surface area (Å²) >= 11 is 11.8. The molecule has 146 valence electrons. The number of carbonyl (C=O) groups is 2. The molecule has 1 amide bonds. The minimum Gasteiger partial charge on any atom is -0.423 e. The second-order valence-electron chi connectivity index (χ2n) is 5.79. The molecular weight excluding hydrogens is 418 g/mol. The third kappa shape index (κ3) is 5.63. The number of esters is 1. The number of benzene rings is 3. The summed E-state index contributed by atoms with van der Waals surface area (Å²) in [5, 5.41) is 4.44. The van der Waals surface area contributed by atoms with Gasteiger partial charge in [-0.1, -0.05) is 35.3 Å². The van der Waals surface area contributed by atoms with Crippen molar-refractivity contribution in [3.05, 3.63) is 99.3 Å². The Hall–Kier alpha value is -3.22. The highest BCUT2D eigenvalue weighted by atomic mass is 35.5. The van der Waals surface area contributed by atoms with Crippen LogP contribution in [0.4, 0.5) is 4.39 Å². The molecule has 3 aromatic rings. The highest BCUT2D eigenvalue weighted by Crippen LogP contribution is 2.23. The molecule has 3 rings (SSSR count). The van der Waals surface area contributed by atoms with Crippen LogP contribution in [0, 0.1) is 5.82 Å². The van der Waals surface area contributed by atoms with Crippen LogP contribution in [0.25, 0.3) is 0 Å². The average molecular weight is 431 g/mol. The second kappa shape index (κ2) is 9.32. The largest absolute Gasteiger partial charge is 0.423 e. The summed E-state index contributed by atoms with van der Waals surface area (Å²) in [7, 11) is 0. The van der Waals surface area contributed by atoms with Crippen LogP contribution in [0.15, 0.2) is 71.8 Å². The quantitative estimate of drug-likeness (QED) is 0.264. The Morgan fingerprint density at radius 1 is 1.00 bits per heavy atom. The van der Waals surface area contributed by atoms with Gasteiger partial charge >= 0.3 is 5.97 Å². The number of nitrogens with zero attached hydrogens (tertiary/aromatic N) is 1. The molecule has 0 aliphatic rings. The molecule has 0 aliphatic carbocycles. The van der Waals surface area contributed by atoms with Crippen molar-refractivity contribution in [1.82, 2.24) is 5.43 Å². The van der Waals surface area contributed by atoms with Crippen molar-refractivity contribution in [1.29, 1.82) is 0 Å². The van der Waals surface area contributed by atoms with Crippen molar-refractivity contribution >= 4 is 41.3 Å². The first kappa shape index (κ1) is 20.5. The Bertz CT molecular complexity index is 1090. The number of rotatable bonds is 5. The SMILES string of the molecule is O=C(N/N=C\c1cccc(OC(=O)c2ccc(Cl)cc2Cl)c1)c1ccc(F)cc1. The van der Waals surface area contributed by atoms with E-state index in [-0.39, 0.29) is 21.9 Å². The second-order valence-corrected chi connectivity index (χ2v) is 6.64. The molecule has 5 nitrogen and oxygen atoms in total. The van der Waals surface area contributed by atoms with E-state index in [2.05, 4.69) is 10.5 Å². The van der Waals surface area contributed by atoms with Crippen molar-refractivity contribution in [2.45, 2.75) is 0 Å². The van der Waals surface area contributed by atoms with Gasteiger partial charge in [0, 0.05) is 10.6 Å². The standard InChI is InChI=1S/C21H13Cl2FN2O3/c22-15-6-9-18(19(23)11-15)21(28)29-17-3-1-2-13(10-17)12-25-26-20(27)14-4-7-16(24)8-5-14/h1-12H,(H,26,27)/b25-12-. The number of nitrogens with one attached hydrogen (secondary N) is 1. The molecule has 3 aromatic carbocycles. The van der Waals surface area contributed by atoms with E-state index in [1.54, 1.807) is 24.3 Å². The van der Waals surface area contributed by atoms with Gasteiger partial charge in [-0.2, -0.15) is 5.10 Å². The number of carbonyl (C=O) groups excluding carboxylic acids is 2. The maximum absolute atomic E-state index is 12.9. The lowest BCUT2D eigenvalue weighted by Gasteiger charge is -2.07. The van der Waals surface area contributed by atoms with Crippen molar-refractivity contribution < 1.29 is 18.7 Å². The summed E-state index contributed by atoms with van der Waals surface area (Å²) in [6, 6.07) is 16.1. The molecule has 0 atom stereocenters. The minimum atomic E-state index is -0.634. The lowest BCUT2D eigenvalue weighted by molar-refractivity contribution is 0.0734. The number of halogens is 3. The third-order valence-electron chi connectivity index (χ3n) is 3.71. The maximum Gasteiger partial charge on any atom is 0.345 e. The van der Waals surface area contributed by atoms with Gasteiger partial charge in [-0.05, 0) is 60.2 Å². The van der Waals surface area contributed by atoms with Gasteiger partial charge in [0.05, 0.1) is 16.8 Å². The monoisotopic (exact) mass is 430 g/mol. The van der Waals surface area contributed by atoms with Crippen molar-refractivity contribution in [2.75, 3.05) is 0 Å². The molecule has 1 N–H and O–H groups in total. The van der Waals surface area contributed by atoms with E-state index in [1.165, 1.54) is 48.7 Å². The molecule has 0 saturated heterocycles. The zero-order valence-corrected chi connectivity index (χ0v) is 16.2. The fourth-order valence-corrected chi connectivity index (χ4v) is 2.79. The molecule has 0 unspecified atom stereocenters. The smallest absolute Gasteiger partial charge is 0.345 e. The number of amides is 1. The van der Waals surface area contributed by atoms with Gasteiger partial charge < -0.3 is 4.74 Å². The van der Waals surface area contributed by atoms with E-state index in [0.717, 1.165) is 0 Å².